The topological polar surface area (TPSA) is 72.6 Å². The van der Waals surface area contributed by atoms with E-state index in [4.69, 9.17) is 9.15 Å². The molecular formula is C21H25NO4. The summed E-state index contributed by atoms with van der Waals surface area (Å²) >= 11 is 0. The Labute approximate surface area is 153 Å². The number of rotatable bonds is 2. The van der Waals surface area contributed by atoms with E-state index in [2.05, 4.69) is 25.8 Å². The van der Waals surface area contributed by atoms with Gasteiger partial charge in [-0.15, -0.1) is 0 Å². The number of aromatic nitrogens is 1. The maximum absolute atomic E-state index is 11.6. The summed E-state index contributed by atoms with van der Waals surface area (Å²) in [5.74, 6) is 1.59. The number of methoxy groups -OCH3 is 1. The van der Waals surface area contributed by atoms with Gasteiger partial charge < -0.3 is 14.3 Å². The molecular weight excluding hydrogens is 330 g/mol. The molecule has 5 nitrogen and oxygen atoms in total. The molecule has 1 N–H and O–H groups in total. The molecule has 0 saturated heterocycles. The largest absolute Gasteiger partial charge is 0.496 e. The minimum absolute atomic E-state index is 0.125. The van der Waals surface area contributed by atoms with Crippen LogP contribution in [-0.2, 0) is 23.7 Å². The van der Waals surface area contributed by atoms with E-state index in [1.807, 2.05) is 13.0 Å². The lowest BCUT2D eigenvalue weighted by Crippen LogP contribution is -2.51. The fourth-order valence-electron chi connectivity index (χ4n) is 5.48. The number of nitrogens with zero attached hydrogens (tertiary/aromatic N) is 1. The first-order valence-electron chi connectivity index (χ1n) is 9.10. The van der Waals surface area contributed by atoms with Gasteiger partial charge in [0.2, 0.25) is 0 Å². The molecule has 26 heavy (non-hydrogen) atoms. The highest BCUT2D eigenvalue weighted by Crippen LogP contribution is 2.56. The molecule has 2 aliphatic carbocycles. The molecule has 0 bridgehead atoms. The van der Waals surface area contributed by atoms with E-state index in [-0.39, 0.29) is 16.4 Å². The van der Waals surface area contributed by atoms with E-state index in [1.54, 1.807) is 6.07 Å². The molecule has 2 aromatic rings. The molecule has 1 aromatic heterocycles. The number of benzene rings is 1. The Morgan fingerprint density at radius 1 is 1.35 bits per heavy atom. The molecule has 5 heteroatoms. The monoisotopic (exact) mass is 355 g/mol. The molecule has 0 amide bonds. The van der Waals surface area contributed by atoms with Crippen molar-refractivity contribution in [2.24, 2.45) is 5.92 Å². The fraction of sp³-hybridized carbons (Fsp3) is 0.524. The molecule has 0 unspecified atom stereocenters. The van der Waals surface area contributed by atoms with Crippen LogP contribution in [0.4, 0.5) is 0 Å². The first-order chi connectivity index (χ1) is 12.2. The smallest absolute Gasteiger partial charge is 0.339 e. The van der Waals surface area contributed by atoms with E-state index in [1.165, 1.54) is 12.7 Å². The van der Waals surface area contributed by atoms with Crippen molar-refractivity contribution < 1.29 is 19.1 Å². The number of ether oxygens (including phenoxy) is 1. The summed E-state index contributed by atoms with van der Waals surface area (Å²) in [5.41, 5.74) is 3.32. The third kappa shape index (κ3) is 2.15. The van der Waals surface area contributed by atoms with E-state index >= 15 is 0 Å². The van der Waals surface area contributed by atoms with Crippen LogP contribution < -0.4 is 4.74 Å². The third-order valence-electron chi connectivity index (χ3n) is 6.54. The number of fused-ring (bicyclic) bond motifs is 4. The van der Waals surface area contributed by atoms with Gasteiger partial charge in [-0.3, -0.25) is 0 Å². The zero-order chi connectivity index (χ0) is 18.9. The average molecular weight is 355 g/mol. The minimum atomic E-state index is -0.949. The predicted octanol–water partition coefficient (Wildman–Crippen LogP) is 4.04. The van der Waals surface area contributed by atoms with Gasteiger partial charge in [-0.25, -0.2) is 9.78 Å². The van der Waals surface area contributed by atoms with Gasteiger partial charge in [0.25, 0.3) is 0 Å². The number of carbonyl (C=O) groups is 1. The van der Waals surface area contributed by atoms with Crippen LogP contribution in [-0.4, -0.2) is 23.2 Å². The zero-order valence-electron chi connectivity index (χ0n) is 16.0. The van der Waals surface area contributed by atoms with Crippen LogP contribution in [0.25, 0.3) is 0 Å². The molecule has 0 radical (unpaired) electrons. The standard InChI is InChI=1S/C21H25NO4/c1-11-22-15-10-21(4)14-9-16(25-5)13(19(23)24)8-12(14)6-7-17(21)20(2,3)18(15)26-11/h8-9,17H,6-7,10H2,1-5H3,(H,23,24)/t17-,21+/m0/s1. The molecule has 2 aliphatic rings. The minimum Gasteiger partial charge on any atom is -0.496 e. The van der Waals surface area contributed by atoms with Crippen LogP contribution >= 0.6 is 0 Å². The Morgan fingerprint density at radius 2 is 2.08 bits per heavy atom. The van der Waals surface area contributed by atoms with Gasteiger partial charge in [0, 0.05) is 24.2 Å². The second-order valence-electron chi connectivity index (χ2n) is 8.43. The van der Waals surface area contributed by atoms with Gasteiger partial charge in [0.15, 0.2) is 5.89 Å². The van der Waals surface area contributed by atoms with Gasteiger partial charge in [0.1, 0.15) is 17.1 Å². The fourth-order valence-corrected chi connectivity index (χ4v) is 5.48. The molecule has 0 spiro atoms. The van der Waals surface area contributed by atoms with Crippen molar-refractivity contribution >= 4 is 5.97 Å². The highest BCUT2D eigenvalue weighted by molar-refractivity contribution is 5.91. The summed E-state index contributed by atoms with van der Waals surface area (Å²) in [6.07, 6.45) is 2.67. The van der Waals surface area contributed by atoms with Crippen LogP contribution in [0.1, 0.15) is 66.0 Å². The van der Waals surface area contributed by atoms with Crippen LogP contribution in [0.3, 0.4) is 0 Å². The average Bonchev–Trinajstić information content (AvgIpc) is 2.94. The lowest BCUT2D eigenvalue weighted by Gasteiger charge is -2.52. The number of hydrogen-bond acceptors (Lipinski definition) is 4. The lowest BCUT2D eigenvalue weighted by atomic mass is 9.51. The van der Waals surface area contributed by atoms with Crippen LogP contribution in [0, 0.1) is 12.8 Å². The molecule has 138 valence electrons. The summed E-state index contributed by atoms with van der Waals surface area (Å²) in [5, 5.41) is 9.51. The number of aryl methyl sites for hydroxylation is 2. The van der Waals surface area contributed by atoms with Gasteiger partial charge in [-0.05, 0) is 42.0 Å². The predicted molar refractivity (Wildman–Crippen MR) is 97.1 cm³/mol. The second kappa shape index (κ2) is 5.35. The summed E-state index contributed by atoms with van der Waals surface area (Å²) in [7, 11) is 1.53. The molecule has 0 saturated carbocycles. The number of hydrogen-bond donors (Lipinski definition) is 1. The first kappa shape index (κ1) is 17.1. The van der Waals surface area contributed by atoms with Gasteiger partial charge in [-0.2, -0.15) is 0 Å². The van der Waals surface area contributed by atoms with Crippen molar-refractivity contribution in [1.82, 2.24) is 4.98 Å². The van der Waals surface area contributed by atoms with Gasteiger partial charge in [0.05, 0.1) is 12.8 Å². The van der Waals surface area contributed by atoms with Crippen molar-refractivity contribution in [3.8, 4) is 5.75 Å². The zero-order valence-corrected chi connectivity index (χ0v) is 16.0. The van der Waals surface area contributed by atoms with Gasteiger partial charge >= 0.3 is 5.97 Å². The Hall–Kier alpha value is -2.30. The van der Waals surface area contributed by atoms with Crippen molar-refractivity contribution in [3.63, 3.8) is 0 Å². The Morgan fingerprint density at radius 3 is 2.73 bits per heavy atom. The van der Waals surface area contributed by atoms with E-state index in [0.29, 0.717) is 17.6 Å². The van der Waals surface area contributed by atoms with Crippen LogP contribution in [0.15, 0.2) is 16.5 Å². The maximum atomic E-state index is 11.6. The summed E-state index contributed by atoms with van der Waals surface area (Å²) in [6, 6.07) is 3.74. The molecule has 1 aromatic carbocycles. The van der Waals surface area contributed by atoms with Crippen molar-refractivity contribution in [1.29, 1.82) is 0 Å². The molecule has 4 rings (SSSR count). The molecule has 2 atom stereocenters. The highest BCUT2D eigenvalue weighted by Gasteiger charge is 2.54. The van der Waals surface area contributed by atoms with E-state index in [0.717, 1.165) is 36.3 Å². The Kier molecular flexibility index (Phi) is 3.52. The third-order valence-corrected chi connectivity index (χ3v) is 6.54. The normalized spacial score (nSPS) is 25.8. The second-order valence-corrected chi connectivity index (χ2v) is 8.43. The highest BCUT2D eigenvalue weighted by atomic mass is 16.5. The van der Waals surface area contributed by atoms with E-state index in [9.17, 15) is 9.90 Å². The molecule has 0 fully saturated rings. The van der Waals surface area contributed by atoms with E-state index < -0.39 is 5.97 Å². The van der Waals surface area contributed by atoms with Crippen molar-refractivity contribution in [2.75, 3.05) is 7.11 Å². The summed E-state index contributed by atoms with van der Waals surface area (Å²) in [6.45, 7) is 8.67. The summed E-state index contributed by atoms with van der Waals surface area (Å²) in [4.78, 5) is 16.2. The van der Waals surface area contributed by atoms with Crippen molar-refractivity contribution in [2.45, 2.75) is 57.8 Å². The maximum Gasteiger partial charge on any atom is 0.339 e. The van der Waals surface area contributed by atoms with Crippen LogP contribution in [0.2, 0.25) is 0 Å². The quantitative estimate of drug-likeness (QED) is 0.880. The number of carboxylic acids is 1. The van der Waals surface area contributed by atoms with Gasteiger partial charge in [-0.1, -0.05) is 20.8 Å². The SMILES string of the molecule is COc1cc2c(cc1C(=O)O)CC[C@H]1C(C)(C)c3oc(C)nc3C[C@]21C. The van der Waals surface area contributed by atoms with Crippen molar-refractivity contribution in [3.05, 3.63) is 46.2 Å². The Balaban J connectivity index is 1.93. The number of oxazole rings is 1. The van der Waals surface area contributed by atoms with Crippen LogP contribution in [0.5, 0.6) is 5.75 Å². The first-order valence-corrected chi connectivity index (χ1v) is 9.10. The molecule has 1 heterocycles. The lowest BCUT2D eigenvalue weighted by molar-refractivity contribution is 0.0692. The number of carboxylic acid groups (broad SMARTS) is 1. The molecule has 0 aliphatic heterocycles. The Bertz CT molecular complexity index is 911. The number of aromatic carboxylic acids is 1. The summed E-state index contributed by atoms with van der Waals surface area (Å²) < 4.78 is 11.4.